The molecule has 1 N–H and O–H groups in total. The van der Waals surface area contributed by atoms with E-state index in [-0.39, 0.29) is 0 Å². The Bertz CT molecular complexity index is 362. The minimum atomic E-state index is 0.652. The smallest absolute Gasteiger partial charge is 0.119 e. The molecule has 0 aromatic heterocycles. The molecule has 0 saturated carbocycles. The van der Waals surface area contributed by atoms with Crippen molar-refractivity contribution < 1.29 is 4.74 Å². The maximum atomic E-state index is 5.29. The van der Waals surface area contributed by atoms with Crippen molar-refractivity contribution in [3.63, 3.8) is 0 Å². The summed E-state index contributed by atoms with van der Waals surface area (Å²) in [4.78, 5) is 0. The summed E-state index contributed by atoms with van der Waals surface area (Å²) in [6, 6.07) is 6.52. The Morgan fingerprint density at radius 1 is 1.44 bits per heavy atom. The Morgan fingerprint density at radius 3 is 2.94 bits per heavy atom. The van der Waals surface area contributed by atoms with E-state index in [0.717, 1.165) is 18.2 Å². The molecular weight excluding hydrogens is 198 g/mol. The minimum absolute atomic E-state index is 0.652. The molecule has 1 aromatic rings. The van der Waals surface area contributed by atoms with E-state index in [0.29, 0.717) is 5.92 Å². The second kappa shape index (κ2) is 4.88. The van der Waals surface area contributed by atoms with Gasteiger partial charge in [0.15, 0.2) is 0 Å². The van der Waals surface area contributed by atoms with Gasteiger partial charge in [-0.15, -0.1) is 0 Å². The molecule has 2 nitrogen and oxygen atoms in total. The van der Waals surface area contributed by atoms with Gasteiger partial charge in [0.1, 0.15) is 5.75 Å². The van der Waals surface area contributed by atoms with Gasteiger partial charge < -0.3 is 10.1 Å². The highest BCUT2D eigenvalue weighted by Gasteiger charge is 2.25. The first-order chi connectivity index (χ1) is 7.76. The van der Waals surface area contributed by atoms with E-state index in [1.54, 1.807) is 7.11 Å². The van der Waals surface area contributed by atoms with Gasteiger partial charge in [-0.3, -0.25) is 0 Å². The summed E-state index contributed by atoms with van der Waals surface area (Å²) in [6.07, 6.45) is 2.47. The summed E-state index contributed by atoms with van der Waals surface area (Å²) < 4.78 is 5.29. The van der Waals surface area contributed by atoms with E-state index in [2.05, 4.69) is 30.4 Å². The van der Waals surface area contributed by atoms with E-state index < -0.39 is 0 Å². The number of ether oxygens (including phenoxy) is 1. The van der Waals surface area contributed by atoms with Gasteiger partial charge in [-0.1, -0.05) is 13.0 Å². The van der Waals surface area contributed by atoms with Crippen LogP contribution in [0, 0.1) is 5.92 Å². The summed E-state index contributed by atoms with van der Waals surface area (Å²) in [5, 5.41) is 3.31. The van der Waals surface area contributed by atoms with Crippen molar-refractivity contribution in [1.29, 1.82) is 0 Å². The quantitative estimate of drug-likeness (QED) is 0.843. The van der Waals surface area contributed by atoms with Crippen molar-refractivity contribution in [3.05, 3.63) is 29.3 Å². The molecule has 1 aromatic carbocycles. The molecule has 1 aliphatic carbocycles. The number of hydrogen-bond donors (Lipinski definition) is 1. The van der Waals surface area contributed by atoms with Crippen LogP contribution in [0.4, 0.5) is 0 Å². The Hall–Kier alpha value is -1.02. The molecule has 2 atom stereocenters. The van der Waals surface area contributed by atoms with Gasteiger partial charge in [0, 0.05) is 6.54 Å². The zero-order valence-electron chi connectivity index (χ0n) is 10.4. The molecule has 0 radical (unpaired) electrons. The Balaban J connectivity index is 2.32. The fourth-order valence-electron chi connectivity index (χ4n) is 2.71. The van der Waals surface area contributed by atoms with Crippen LogP contribution in [0.5, 0.6) is 5.75 Å². The van der Waals surface area contributed by atoms with Crippen LogP contribution in [-0.4, -0.2) is 20.7 Å². The molecule has 1 aliphatic rings. The number of benzene rings is 1. The monoisotopic (exact) mass is 219 g/mol. The standard InChI is InChI=1S/C14H21NO/c1-10-4-5-11-8-12(16-3)6-7-13(11)14(10)9-15-2/h6-8,10,14-15H,4-5,9H2,1-3H3. The van der Waals surface area contributed by atoms with Crippen molar-refractivity contribution in [3.8, 4) is 5.75 Å². The van der Waals surface area contributed by atoms with E-state index in [9.17, 15) is 0 Å². The molecule has 0 bridgehead atoms. The highest BCUT2D eigenvalue weighted by molar-refractivity contribution is 5.40. The largest absolute Gasteiger partial charge is 0.497 e. The normalized spacial score (nSPS) is 23.9. The Kier molecular flexibility index (Phi) is 3.49. The average molecular weight is 219 g/mol. The number of hydrogen-bond acceptors (Lipinski definition) is 2. The summed E-state index contributed by atoms with van der Waals surface area (Å²) >= 11 is 0. The highest BCUT2D eigenvalue weighted by Crippen LogP contribution is 2.37. The minimum Gasteiger partial charge on any atom is -0.497 e. The lowest BCUT2D eigenvalue weighted by Gasteiger charge is -2.31. The van der Waals surface area contributed by atoms with Crippen molar-refractivity contribution in [2.45, 2.75) is 25.7 Å². The lowest BCUT2D eigenvalue weighted by Crippen LogP contribution is -2.27. The zero-order chi connectivity index (χ0) is 11.5. The second-order valence-corrected chi connectivity index (χ2v) is 4.74. The lowest BCUT2D eigenvalue weighted by molar-refractivity contribution is 0.386. The fraction of sp³-hybridized carbons (Fsp3) is 0.571. The van der Waals surface area contributed by atoms with Gasteiger partial charge >= 0.3 is 0 Å². The van der Waals surface area contributed by atoms with Crippen LogP contribution in [-0.2, 0) is 6.42 Å². The molecule has 0 heterocycles. The molecule has 0 fully saturated rings. The van der Waals surface area contributed by atoms with Gasteiger partial charge in [-0.2, -0.15) is 0 Å². The van der Waals surface area contributed by atoms with E-state index >= 15 is 0 Å². The predicted octanol–water partition coefficient (Wildman–Crippen LogP) is 2.58. The summed E-state index contributed by atoms with van der Waals surface area (Å²) in [6.45, 7) is 3.43. The summed E-state index contributed by atoms with van der Waals surface area (Å²) in [7, 11) is 3.77. The molecule has 88 valence electrons. The SMILES string of the molecule is CNCC1c2ccc(OC)cc2CCC1C. The average Bonchev–Trinajstić information content (AvgIpc) is 2.32. The number of likely N-dealkylation sites (N-methyl/N-ethyl adjacent to an activating group) is 1. The van der Waals surface area contributed by atoms with E-state index in [4.69, 9.17) is 4.74 Å². The van der Waals surface area contributed by atoms with Crippen molar-refractivity contribution in [1.82, 2.24) is 5.32 Å². The molecule has 0 saturated heterocycles. The Labute approximate surface area is 98.0 Å². The predicted molar refractivity (Wildman–Crippen MR) is 67.1 cm³/mol. The fourth-order valence-corrected chi connectivity index (χ4v) is 2.71. The summed E-state index contributed by atoms with van der Waals surface area (Å²) in [5.74, 6) is 2.41. The first kappa shape index (κ1) is 11.5. The highest BCUT2D eigenvalue weighted by atomic mass is 16.5. The number of rotatable bonds is 3. The van der Waals surface area contributed by atoms with Crippen molar-refractivity contribution in [2.75, 3.05) is 20.7 Å². The van der Waals surface area contributed by atoms with Crippen LogP contribution < -0.4 is 10.1 Å². The van der Waals surface area contributed by atoms with Crippen molar-refractivity contribution in [2.24, 2.45) is 5.92 Å². The van der Waals surface area contributed by atoms with Gasteiger partial charge in [0.25, 0.3) is 0 Å². The molecule has 0 aliphatic heterocycles. The number of fused-ring (bicyclic) bond motifs is 1. The van der Waals surface area contributed by atoms with Crippen LogP contribution in [0.15, 0.2) is 18.2 Å². The van der Waals surface area contributed by atoms with Crippen LogP contribution in [0.1, 0.15) is 30.4 Å². The Morgan fingerprint density at radius 2 is 2.25 bits per heavy atom. The first-order valence-electron chi connectivity index (χ1n) is 6.07. The zero-order valence-corrected chi connectivity index (χ0v) is 10.4. The molecule has 0 amide bonds. The third-order valence-electron chi connectivity index (χ3n) is 3.73. The topological polar surface area (TPSA) is 21.3 Å². The molecule has 0 spiro atoms. The van der Waals surface area contributed by atoms with Crippen LogP contribution in [0.25, 0.3) is 0 Å². The van der Waals surface area contributed by atoms with Gasteiger partial charge in [0.2, 0.25) is 0 Å². The molecule has 2 rings (SSSR count). The third kappa shape index (κ3) is 2.07. The second-order valence-electron chi connectivity index (χ2n) is 4.74. The van der Waals surface area contributed by atoms with Gasteiger partial charge in [0.05, 0.1) is 7.11 Å². The van der Waals surface area contributed by atoms with Crippen LogP contribution >= 0.6 is 0 Å². The lowest BCUT2D eigenvalue weighted by atomic mass is 9.76. The maximum absolute atomic E-state index is 5.29. The summed E-state index contributed by atoms with van der Waals surface area (Å²) in [5.41, 5.74) is 2.98. The molecule has 2 unspecified atom stereocenters. The molecule has 2 heteroatoms. The molecular formula is C14H21NO. The maximum Gasteiger partial charge on any atom is 0.119 e. The number of nitrogens with one attached hydrogen (secondary N) is 1. The van der Waals surface area contributed by atoms with Gasteiger partial charge in [-0.05, 0) is 55.0 Å². The molecule has 16 heavy (non-hydrogen) atoms. The van der Waals surface area contributed by atoms with Crippen LogP contribution in [0.3, 0.4) is 0 Å². The van der Waals surface area contributed by atoms with E-state index in [1.165, 1.54) is 24.0 Å². The first-order valence-corrected chi connectivity index (χ1v) is 6.07. The van der Waals surface area contributed by atoms with Gasteiger partial charge in [-0.25, -0.2) is 0 Å². The number of aryl methyl sites for hydroxylation is 1. The third-order valence-corrected chi connectivity index (χ3v) is 3.73. The van der Waals surface area contributed by atoms with Crippen molar-refractivity contribution >= 4 is 0 Å². The van der Waals surface area contributed by atoms with E-state index in [1.807, 2.05) is 7.05 Å². The van der Waals surface area contributed by atoms with Crippen LogP contribution in [0.2, 0.25) is 0 Å². The number of methoxy groups -OCH3 is 1.